The molecule has 21 heavy (non-hydrogen) atoms. The van der Waals surface area contributed by atoms with Crippen molar-refractivity contribution in [2.45, 2.75) is 0 Å². The summed E-state index contributed by atoms with van der Waals surface area (Å²) in [5.74, 6) is 0. The van der Waals surface area contributed by atoms with E-state index in [9.17, 15) is 9.13 Å². The van der Waals surface area contributed by atoms with Crippen LogP contribution in [0.25, 0.3) is 11.1 Å². The maximum atomic E-state index is 9.63. The van der Waals surface area contributed by atoms with Gasteiger partial charge in [0.05, 0.1) is 0 Å². The number of hydrogen-bond acceptors (Lipinski definition) is 3. The molecule has 0 saturated heterocycles. The van der Waals surface area contributed by atoms with Crippen molar-refractivity contribution in [1.29, 1.82) is 0 Å². The van der Waals surface area contributed by atoms with Gasteiger partial charge in [0.15, 0.2) is 0 Å². The third-order valence-corrected chi connectivity index (χ3v) is 3.80. The number of hydrogen-bond donors (Lipinski definition) is 4. The van der Waals surface area contributed by atoms with Gasteiger partial charge in [0.2, 0.25) is 0 Å². The van der Waals surface area contributed by atoms with Crippen LogP contribution in [0.5, 0.6) is 0 Å². The maximum absolute atomic E-state index is 9.63. The van der Waals surface area contributed by atoms with Gasteiger partial charge >= 0.3 is 15.6 Å². The van der Waals surface area contributed by atoms with Gasteiger partial charge in [0.1, 0.15) is 0 Å². The van der Waals surface area contributed by atoms with Gasteiger partial charge in [-0.3, -0.25) is 0 Å². The lowest BCUT2D eigenvalue weighted by Gasteiger charge is -2.03. The minimum absolute atomic E-state index is 1.28. The van der Waals surface area contributed by atoms with Gasteiger partial charge in [-0.1, -0.05) is 60.7 Å². The monoisotopic (exact) mass is 332 g/mol. The molecule has 2 rings (SSSR count). The number of rotatable bonds is 3. The maximum Gasteiger partial charge on any atom is 0.478 e. The molecule has 2 aromatic carbocycles. The minimum atomic E-state index is -5.05. The molecule has 0 bridgehead atoms. The Morgan fingerprint density at radius 1 is 0.619 bits per heavy atom. The fourth-order valence-corrected chi connectivity index (χ4v) is 2.51. The van der Waals surface area contributed by atoms with Crippen LogP contribution in [0.2, 0.25) is 0 Å². The van der Waals surface area contributed by atoms with Crippen LogP contribution in [0.15, 0.2) is 60.7 Å². The molecule has 2 aromatic rings. The van der Waals surface area contributed by atoms with E-state index in [2.05, 4.69) is 52.8 Å². The van der Waals surface area contributed by atoms with Gasteiger partial charge in [-0.05, 0) is 11.1 Å². The topological polar surface area (TPSA) is 124 Å². The second-order valence-corrected chi connectivity index (χ2v) is 6.41. The highest BCUT2D eigenvalue weighted by Gasteiger charge is 2.27. The molecule has 7 nitrogen and oxygen atoms in total. The molecular formula is C12H14O7P2. The molecule has 0 amide bonds. The highest BCUT2D eigenvalue weighted by Crippen LogP contribution is 2.53. The predicted octanol–water partition coefficient (Wildman–Crippen LogP) is 2.54. The quantitative estimate of drug-likeness (QED) is 0.637. The third kappa shape index (κ3) is 8.55. The second kappa shape index (κ2) is 7.64. The zero-order valence-electron chi connectivity index (χ0n) is 10.7. The summed E-state index contributed by atoms with van der Waals surface area (Å²) in [6.45, 7) is 0. The lowest BCUT2D eigenvalue weighted by molar-refractivity contribution is 0.225. The third-order valence-electron chi connectivity index (χ3n) is 2.09. The molecule has 0 heterocycles. The summed E-state index contributed by atoms with van der Waals surface area (Å²) in [5, 5.41) is 0. The van der Waals surface area contributed by atoms with Crippen LogP contribution < -0.4 is 0 Å². The zero-order chi connectivity index (χ0) is 15.9. The summed E-state index contributed by atoms with van der Waals surface area (Å²) < 4.78 is 22.2. The molecule has 0 unspecified atom stereocenters. The van der Waals surface area contributed by atoms with Crippen molar-refractivity contribution in [3.63, 3.8) is 0 Å². The van der Waals surface area contributed by atoms with Crippen molar-refractivity contribution in [2.24, 2.45) is 0 Å². The number of phosphoric acid groups is 2. The summed E-state index contributed by atoms with van der Waals surface area (Å²) >= 11 is 0. The van der Waals surface area contributed by atoms with Crippen LogP contribution >= 0.6 is 15.6 Å². The van der Waals surface area contributed by atoms with Crippen molar-refractivity contribution in [1.82, 2.24) is 0 Å². The summed E-state index contributed by atoms with van der Waals surface area (Å²) in [4.78, 5) is 31.0. The van der Waals surface area contributed by atoms with Gasteiger partial charge in [-0.2, -0.15) is 4.31 Å². The lowest BCUT2D eigenvalue weighted by atomic mass is 10.1. The standard InChI is InChI=1S/C12H10.H4O7P2/c1-3-7-11(8-4-1)12-9-5-2-6-10-12;1-8(2,3)7-9(4,5)6/h1-10H;(H2,1,2,3)(H2,4,5,6). The SMILES string of the molecule is O=P(O)(O)OP(=O)(O)O.c1ccc(-c2ccccc2)cc1. The van der Waals surface area contributed by atoms with E-state index in [0.717, 1.165) is 0 Å². The van der Waals surface area contributed by atoms with E-state index < -0.39 is 15.6 Å². The predicted molar refractivity (Wildman–Crippen MR) is 77.1 cm³/mol. The smallest absolute Gasteiger partial charge is 0.302 e. The average Bonchev–Trinajstić information content (AvgIpc) is 2.37. The Bertz CT molecular complexity index is 576. The molecule has 0 saturated carbocycles. The Balaban J connectivity index is 0.000000222. The summed E-state index contributed by atoms with van der Waals surface area (Å²) in [5.41, 5.74) is 2.55. The van der Waals surface area contributed by atoms with Gasteiger partial charge < -0.3 is 19.6 Å². The fourth-order valence-electron chi connectivity index (χ4n) is 1.40. The van der Waals surface area contributed by atoms with Crippen LogP contribution in [0.3, 0.4) is 0 Å². The van der Waals surface area contributed by atoms with Crippen LogP contribution in [0, 0.1) is 0 Å². The molecule has 114 valence electrons. The molecule has 0 atom stereocenters. The Kier molecular flexibility index (Phi) is 6.45. The van der Waals surface area contributed by atoms with Crippen LogP contribution in [-0.2, 0) is 13.4 Å². The van der Waals surface area contributed by atoms with Crippen LogP contribution in [0.1, 0.15) is 0 Å². The fraction of sp³-hybridized carbons (Fsp3) is 0. The number of benzene rings is 2. The Hall–Kier alpha value is -1.30. The van der Waals surface area contributed by atoms with Crippen LogP contribution in [-0.4, -0.2) is 19.6 Å². The van der Waals surface area contributed by atoms with E-state index in [1.54, 1.807) is 0 Å². The van der Waals surface area contributed by atoms with E-state index >= 15 is 0 Å². The summed E-state index contributed by atoms with van der Waals surface area (Å²) in [6, 6.07) is 20.8. The Labute approximate surface area is 121 Å². The molecule has 4 N–H and O–H groups in total. The lowest BCUT2D eigenvalue weighted by Crippen LogP contribution is -1.84. The van der Waals surface area contributed by atoms with E-state index in [0.29, 0.717) is 0 Å². The van der Waals surface area contributed by atoms with Crippen LogP contribution in [0.4, 0.5) is 0 Å². The normalized spacial score (nSPS) is 11.4. The average molecular weight is 332 g/mol. The summed E-state index contributed by atoms with van der Waals surface area (Å²) in [7, 11) is -10.1. The van der Waals surface area contributed by atoms with Crippen molar-refractivity contribution < 1.29 is 33.0 Å². The molecular weight excluding hydrogens is 318 g/mol. The molecule has 0 fully saturated rings. The van der Waals surface area contributed by atoms with Crippen molar-refractivity contribution >= 4 is 15.6 Å². The van der Waals surface area contributed by atoms with Gasteiger partial charge in [-0.15, -0.1) is 0 Å². The van der Waals surface area contributed by atoms with Gasteiger partial charge in [0.25, 0.3) is 0 Å². The first-order valence-corrected chi connectivity index (χ1v) is 8.66. The van der Waals surface area contributed by atoms with Gasteiger partial charge in [-0.25, -0.2) is 9.13 Å². The van der Waals surface area contributed by atoms with Crippen molar-refractivity contribution in [3.05, 3.63) is 60.7 Å². The second-order valence-electron chi connectivity index (χ2n) is 3.79. The van der Waals surface area contributed by atoms with E-state index in [4.69, 9.17) is 19.6 Å². The molecule has 0 spiro atoms. The molecule has 0 aromatic heterocycles. The molecule has 0 aliphatic rings. The zero-order valence-corrected chi connectivity index (χ0v) is 12.5. The van der Waals surface area contributed by atoms with E-state index in [1.165, 1.54) is 11.1 Å². The largest absolute Gasteiger partial charge is 0.478 e. The molecule has 9 heteroatoms. The highest BCUT2D eigenvalue weighted by atomic mass is 31.3. The first-order valence-electron chi connectivity index (χ1n) is 5.60. The Morgan fingerprint density at radius 2 is 0.905 bits per heavy atom. The molecule has 0 aliphatic carbocycles. The minimum Gasteiger partial charge on any atom is -0.302 e. The van der Waals surface area contributed by atoms with E-state index in [-0.39, 0.29) is 0 Å². The van der Waals surface area contributed by atoms with Crippen molar-refractivity contribution in [3.8, 4) is 11.1 Å². The summed E-state index contributed by atoms with van der Waals surface area (Å²) in [6.07, 6.45) is 0. The Morgan fingerprint density at radius 3 is 1.10 bits per heavy atom. The van der Waals surface area contributed by atoms with Gasteiger partial charge in [0, 0.05) is 0 Å². The highest BCUT2D eigenvalue weighted by molar-refractivity contribution is 7.60. The van der Waals surface area contributed by atoms with E-state index in [1.807, 2.05) is 12.1 Å². The first kappa shape index (κ1) is 17.8. The molecule has 0 aliphatic heterocycles. The van der Waals surface area contributed by atoms with Crippen molar-refractivity contribution in [2.75, 3.05) is 0 Å². The molecule has 0 radical (unpaired) electrons. The first-order chi connectivity index (χ1) is 9.67.